The molecule has 0 aliphatic heterocycles. The summed E-state index contributed by atoms with van der Waals surface area (Å²) in [6.07, 6.45) is -0.538. The van der Waals surface area contributed by atoms with Crippen molar-refractivity contribution >= 4 is 48.2 Å². The van der Waals surface area contributed by atoms with Crippen molar-refractivity contribution in [3.63, 3.8) is 0 Å². The summed E-state index contributed by atoms with van der Waals surface area (Å²) in [6, 6.07) is -4.93. The number of nitrogens with one attached hydrogen (secondary N) is 3. The molecule has 0 aliphatic rings. The summed E-state index contributed by atoms with van der Waals surface area (Å²) < 4.78 is 0. The Labute approximate surface area is 196 Å². The Morgan fingerprint density at radius 2 is 1.45 bits per heavy atom. The first-order valence-corrected chi connectivity index (χ1v) is 11.0. The molecule has 0 saturated carbocycles. The highest BCUT2D eigenvalue weighted by Gasteiger charge is 2.32. The van der Waals surface area contributed by atoms with E-state index in [2.05, 4.69) is 28.6 Å². The molecule has 13 nitrogen and oxygen atoms in total. The zero-order valence-electron chi connectivity index (χ0n) is 18.6. The van der Waals surface area contributed by atoms with E-state index in [1.807, 2.05) is 0 Å². The summed E-state index contributed by atoms with van der Waals surface area (Å²) in [5, 5.41) is 25.0. The van der Waals surface area contributed by atoms with Crippen LogP contribution in [0.2, 0.25) is 0 Å². The average molecular weight is 492 g/mol. The van der Waals surface area contributed by atoms with Gasteiger partial charge >= 0.3 is 11.9 Å². The van der Waals surface area contributed by atoms with Crippen molar-refractivity contribution in [2.45, 2.75) is 70.1 Å². The van der Waals surface area contributed by atoms with Crippen LogP contribution in [0.5, 0.6) is 0 Å². The molecule has 188 valence electrons. The standard InChI is InChI=1S/C19H33N5O8S/c1-3-9(2)15(18(30)23-12(8-33)19(31)32)24-17(29)11(5-6-13(21)25)22-16(28)10(20)4-7-14(26)27/h9-12,15,33H,3-8,20H2,1-2H3,(H2,21,25)(H,22,28)(H,23,30)(H,24,29)(H,26,27)(H,31,32). The molecule has 0 saturated heterocycles. The Bertz CT molecular complexity index is 735. The molecule has 9 N–H and O–H groups in total. The molecule has 5 unspecified atom stereocenters. The van der Waals surface area contributed by atoms with Crippen LogP contribution in [0, 0.1) is 5.92 Å². The molecule has 0 aromatic rings. The fourth-order valence-electron chi connectivity index (χ4n) is 2.65. The van der Waals surface area contributed by atoms with Crippen LogP contribution < -0.4 is 27.4 Å². The number of nitrogens with two attached hydrogens (primary N) is 2. The molecule has 5 atom stereocenters. The van der Waals surface area contributed by atoms with Crippen molar-refractivity contribution in [1.82, 2.24) is 16.0 Å². The quantitative estimate of drug-likeness (QED) is 0.111. The lowest BCUT2D eigenvalue weighted by Crippen LogP contribution is -2.59. The third kappa shape index (κ3) is 11.5. The SMILES string of the molecule is CCC(C)C(NC(=O)C(CCC(N)=O)NC(=O)C(N)CCC(=O)O)C(=O)NC(CS)C(=O)O. The normalized spacial score (nSPS) is 15.3. The van der Waals surface area contributed by atoms with Crippen LogP contribution in [0.4, 0.5) is 0 Å². The van der Waals surface area contributed by atoms with E-state index in [-0.39, 0.29) is 31.4 Å². The lowest BCUT2D eigenvalue weighted by atomic mass is 9.97. The van der Waals surface area contributed by atoms with Crippen LogP contribution in [0.25, 0.3) is 0 Å². The zero-order valence-corrected chi connectivity index (χ0v) is 19.5. The van der Waals surface area contributed by atoms with Gasteiger partial charge in [0.2, 0.25) is 23.6 Å². The van der Waals surface area contributed by atoms with Gasteiger partial charge in [0.25, 0.3) is 0 Å². The minimum atomic E-state index is -1.30. The molecule has 0 bridgehead atoms. The molecule has 0 aromatic heterocycles. The summed E-state index contributed by atoms with van der Waals surface area (Å²) in [4.78, 5) is 70.9. The maximum atomic E-state index is 12.9. The summed E-state index contributed by atoms with van der Waals surface area (Å²) in [5.74, 6) is -6.13. The number of carboxylic acid groups (broad SMARTS) is 2. The molecule has 0 aliphatic carbocycles. The number of aliphatic carboxylic acids is 2. The van der Waals surface area contributed by atoms with E-state index >= 15 is 0 Å². The Morgan fingerprint density at radius 3 is 1.91 bits per heavy atom. The number of carbonyl (C=O) groups is 6. The second-order valence-corrected chi connectivity index (χ2v) is 7.92. The van der Waals surface area contributed by atoms with Crippen LogP contribution in [0.3, 0.4) is 0 Å². The predicted octanol–water partition coefficient (Wildman–Crippen LogP) is -2.04. The highest BCUT2D eigenvalue weighted by atomic mass is 32.1. The Hall–Kier alpha value is -2.87. The molecular weight excluding hydrogens is 458 g/mol. The largest absolute Gasteiger partial charge is 0.481 e. The minimum absolute atomic E-state index is 0.173. The number of primary amides is 1. The van der Waals surface area contributed by atoms with Crippen LogP contribution in [0.1, 0.15) is 46.0 Å². The first-order chi connectivity index (χ1) is 15.3. The van der Waals surface area contributed by atoms with Gasteiger partial charge in [0, 0.05) is 18.6 Å². The molecule has 0 heterocycles. The molecule has 0 radical (unpaired) electrons. The van der Waals surface area contributed by atoms with Crippen molar-refractivity contribution in [2.75, 3.05) is 5.75 Å². The van der Waals surface area contributed by atoms with Gasteiger partial charge in [0.15, 0.2) is 0 Å². The molecular formula is C19H33N5O8S. The van der Waals surface area contributed by atoms with Gasteiger partial charge in [-0.1, -0.05) is 20.3 Å². The number of rotatable bonds is 16. The lowest BCUT2D eigenvalue weighted by molar-refractivity contribution is -0.142. The van der Waals surface area contributed by atoms with Gasteiger partial charge < -0.3 is 37.6 Å². The lowest BCUT2D eigenvalue weighted by Gasteiger charge is -2.27. The number of hydrogen-bond acceptors (Lipinski definition) is 8. The maximum absolute atomic E-state index is 12.9. The number of carbonyl (C=O) groups excluding carboxylic acids is 4. The zero-order chi connectivity index (χ0) is 25.7. The molecule has 14 heteroatoms. The second-order valence-electron chi connectivity index (χ2n) is 7.56. The number of amides is 4. The Balaban J connectivity index is 5.51. The summed E-state index contributed by atoms with van der Waals surface area (Å²) in [6.45, 7) is 3.43. The van der Waals surface area contributed by atoms with E-state index in [4.69, 9.17) is 21.7 Å². The van der Waals surface area contributed by atoms with Gasteiger partial charge in [0.05, 0.1) is 6.04 Å². The van der Waals surface area contributed by atoms with Crippen molar-refractivity contribution in [3.05, 3.63) is 0 Å². The monoisotopic (exact) mass is 491 g/mol. The highest BCUT2D eigenvalue weighted by molar-refractivity contribution is 7.80. The molecule has 0 aromatic carbocycles. The van der Waals surface area contributed by atoms with Gasteiger partial charge in [0.1, 0.15) is 18.1 Å². The van der Waals surface area contributed by atoms with Crippen LogP contribution >= 0.6 is 12.6 Å². The van der Waals surface area contributed by atoms with Crippen molar-refractivity contribution in [3.8, 4) is 0 Å². The number of carboxylic acids is 2. The molecule has 0 rings (SSSR count). The molecule has 0 spiro atoms. The average Bonchev–Trinajstić information content (AvgIpc) is 2.75. The predicted molar refractivity (Wildman–Crippen MR) is 120 cm³/mol. The van der Waals surface area contributed by atoms with E-state index in [1.165, 1.54) is 0 Å². The van der Waals surface area contributed by atoms with Crippen LogP contribution in [-0.4, -0.2) is 75.7 Å². The highest BCUT2D eigenvalue weighted by Crippen LogP contribution is 2.10. The van der Waals surface area contributed by atoms with E-state index in [9.17, 15) is 28.8 Å². The third-order valence-electron chi connectivity index (χ3n) is 4.91. The molecule has 4 amide bonds. The Morgan fingerprint density at radius 1 is 0.879 bits per heavy atom. The smallest absolute Gasteiger partial charge is 0.327 e. The van der Waals surface area contributed by atoms with Crippen molar-refractivity contribution in [2.24, 2.45) is 17.4 Å². The summed E-state index contributed by atoms with van der Waals surface area (Å²) in [5.41, 5.74) is 10.8. The topological polar surface area (TPSA) is 231 Å². The van der Waals surface area contributed by atoms with Crippen LogP contribution in [-0.2, 0) is 28.8 Å². The molecule has 0 fully saturated rings. The van der Waals surface area contributed by atoms with E-state index < -0.39 is 65.7 Å². The fourth-order valence-corrected chi connectivity index (χ4v) is 2.89. The van der Waals surface area contributed by atoms with Gasteiger partial charge in [-0.25, -0.2) is 4.79 Å². The minimum Gasteiger partial charge on any atom is -0.481 e. The first kappa shape index (κ1) is 30.1. The fraction of sp³-hybridized carbons (Fsp3) is 0.684. The maximum Gasteiger partial charge on any atom is 0.327 e. The van der Waals surface area contributed by atoms with Crippen molar-refractivity contribution in [1.29, 1.82) is 0 Å². The number of thiol groups is 1. The van der Waals surface area contributed by atoms with Gasteiger partial charge in [-0.05, 0) is 18.8 Å². The van der Waals surface area contributed by atoms with Gasteiger partial charge in [-0.2, -0.15) is 12.6 Å². The van der Waals surface area contributed by atoms with E-state index in [0.29, 0.717) is 6.42 Å². The van der Waals surface area contributed by atoms with Crippen molar-refractivity contribution < 1.29 is 39.0 Å². The van der Waals surface area contributed by atoms with Gasteiger partial charge in [-0.3, -0.25) is 24.0 Å². The summed E-state index contributed by atoms with van der Waals surface area (Å²) in [7, 11) is 0. The third-order valence-corrected chi connectivity index (χ3v) is 5.27. The Kier molecular flexibility index (Phi) is 13.7. The number of hydrogen-bond donors (Lipinski definition) is 8. The van der Waals surface area contributed by atoms with Crippen LogP contribution in [0.15, 0.2) is 0 Å². The second kappa shape index (κ2) is 15.1. The molecule has 33 heavy (non-hydrogen) atoms. The van der Waals surface area contributed by atoms with Gasteiger partial charge in [-0.15, -0.1) is 0 Å². The summed E-state index contributed by atoms with van der Waals surface area (Å²) >= 11 is 3.89. The van der Waals surface area contributed by atoms with E-state index in [0.717, 1.165) is 0 Å². The van der Waals surface area contributed by atoms with E-state index in [1.54, 1.807) is 13.8 Å². The first-order valence-electron chi connectivity index (χ1n) is 10.3.